The highest BCUT2D eigenvalue weighted by Crippen LogP contribution is 2.34. The van der Waals surface area contributed by atoms with E-state index in [4.69, 9.17) is 4.74 Å². The highest BCUT2D eigenvalue weighted by Gasteiger charge is 2.33. The van der Waals surface area contributed by atoms with Crippen LogP contribution in [0.4, 0.5) is 9.18 Å². The monoisotopic (exact) mass is 459 g/mol. The van der Waals surface area contributed by atoms with E-state index in [1.54, 1.807) is 34.4 Å². The van der Waals surface area contributed by atoms with Crippen LogP contribution in [0.3, 0.4) is 0 Å². The van der Waals surface area contributed by atoms with E-state index in [0.717, 1.165) is 12.0 Å². The van der Waals surface area contributed by atoms with Crippen molar-refractivity contribution >= 4 is 23.3 Å². The molecule has 0 saturated carbocycles. The quantitative estimate of drug-likeness (QED) is 0.625. The number of nitrogens with zero attached hydrogens (tertiary/aromatic N) is 2. The average molecular weight is 460 g/mol. The van der Waals surface area contributed by atoms with Crippen molar-refractivity contribution in [2.24, 2.45) is 0 Å². The van der Waals surface area contributed by atoms with Crippen molar-refractivity contribution in [3.05, 3.63) is 64.6 Å². The normalized spacial score (nSPS) is 15.6. The van der Waals surface area contributed by atoms with Gasteiger partial charge in [-0.3, -0.25) is 4.79 Å². The molecule has 0 spiro atoms. The van der Waals surface area contributed by atoms with E-state index in [9.17, 15) is 14.0 Å². The number of carbonyl (C=O) groups excluding carboxylic acids is 2. The minimum atomic E-state index is -0.419. The lowest BCUT2D eigenvalue weighted by Gasteiger charge is -2.37. The number of carbonyl (C=O) groups is 2. The third kappa shape index (κ3) is 6.09. The Morgan fingerprint density at radius 2 is 2.16 bits per heavy atom. The van der Waals surface area contributed by atoms with Crippen LogP contribution >= 0.6 is 11.3 Å². The fourth-order valence-electron chi connectivity index (χ4n) is 3.64. The Labute approximate surface area is 192 Å². The second-order valence-electron chi connectivity index (χ2n) is 8.77. The van der Waals surface area contributed by atoms with Crippen LogP contribution < -0.4 is 10.1 Å². The van der Waals surface area contributed by atoms with Crippen molar-refractivity contribution in [1.82, 2.24) is 15.1 Å². The third-order valence-electron chi connectivity index (χ3n) is 5.06. The molecule has 0 fully saturated rings. The summed E-state index contributed by atoms with van der Waals surface area (Å²) in [6.45, 7) is 10.3. The van der Waals surface area contributed by atoms with Gasteiger partial charge in [-0.05, 0) is 56.3 Å². The third-order valence-corrected chi connectivity index (χ3v) is 6.06. The minimum absolute atomic E-state index is 0.0656. The first-order valence-electron chi connectivity index (χ1n) is 10.6. The lowest BCUT2D eigenvalue weighted by molar-refractivity contribution is -0.135. The minimum Gasteiger partial charge on any atom is -0.491 e. The Hall–Kier alpha value is -2.87. The highest BCUT2D eigenvalue weighted by atomic mass is 32.1. The number of thiophene rings is 1. The van der Waals surface area contributed by atoms with Gasteiger partial charge in [0.25, 0.3) is 0 Å². The van der Waals surface area contributed by atoms with Gasteiger partial charge in [-0.1, -0.05) is 12.1 Å². The molecule has 1 aromatic carbocycles. The molecule has 1 aliphatic rings. The lowest BCUT2D eigenvalue weighted by Crippen LogP contribution is -2.53. The van der Waals surface area contributed by atoms with Crippen molar-refractivity contribution in [1.29, 1.82) is 0 Å². The van der Waals surface area contributed by atoms with Crippen LogP contribution in [0, 0.1) is 5.82 Å². The average Bonchev–Trinajstić information content (AvgIpc) is 3.19. The van der Waals surface area contributed by atoms with Gasteiger partial charge in [0.05, 0.1) is 6.04 Å². The summed E-state index contributed by atoms with van der Waals surface area (Å²) < 4.78 is 19.4. The molecular formula is C24H30FN3O3S. The second-order valence-corrected chi connectivity index (χ2v) is 9.77. The van der Waals surface area contributed by atoms with Gasteiger partial charge < -0.3 is 19.9 Å². The zero-order valence-corrected chi connectivity index (χ0v) is 19.6. The van der Waals surface area contributed by atoms with E-state index >= 15 is 0 Å². The molecule has 2 aromatic rings. The summed E-state index contributed by atoms with van der Waals surface area (Å²) in [4.78, 5) is 30.4. The number of nitrogens with one attached hydrogen (secondary N) is 1. The Bertz CT molecular complexity index is 969. The predicted octanol–water partition coefficient (Wildman–Crippen LogP) is 4.39. The summed E-state index contributed by atoms with van der Waals surface area (Å²) in [5, 5.41) is 4.91. The van der Waals surface area contributed by atoms with Gasteiger partial charge in [0.15, 0.2) is 0 Å². The Balaban J connectivity index is 1.76. The molecule has 1 aliphatic heterocycles. The van der Waals surface area contributed by atoms with Crippen LogP contribution in [0.2, 0.25) is 0 Å². The maximum atomic E-state index is 13.5. The molecule has 6 nitrogen and oxygen atoms in total. The Morgan fingerprint density at radius 1 is 1.38 bits per heavy atom. The first kappa shape index (κ1) is 23.8. The van der Waals surface area contributed by atoms with Gasteiger partial charge in [0.2, 0.25) is 5.91 Å². The summed E-state index contributed by atoms with van der Waals surface area (Å²) in [5.41, 5.74) is 0.623. The summed E-state index contributed by atoms with van der Waals surface area (Å²) >= 11 is 1.66. The molecule has 3 amide bonds. The van der Waals surface area contributed by atoms with E-state index in [2.05, 4.69) is 11.9 Å². The van der Waals surface area contributed by atoms with Gasteiger partial charge in [-0.25, -0.2) is 9.18 Å². The number of hydrogen-bond donors (Lipinski definition) is 1. The van der Waals surface area contributed by atoms with Crippen LogP contribution in [0.25, 0.3) is 0 Å². The predicted molar refractivity (Wildman–Crippen MR) is 124 cm³/mol. The first-order valence-corrected chi connectivity index (χ1v) is 11.5. The van der Waals surface area contributed by atoms with Crippen LogP contribution in [-0.4, -0.2) is 53.5 Å². The number of fused-ring (bicyclic) bond motifs is 1. The Morgan fingerprint density at radius 3 is 2.84 bits per heavy atom. The van der Waals surface area contributed by atoms with Gasteiger partial charge in [-0.15, -0.1) is 17.9 Å². The van der Waals surface area contributed by atoms with Crippen LogP contribution in [-0.2, 0) is 11.2 Å². The molecule has 172 valence electrons. The van der Waals surface area contributed by atoms with Crippen molar-refractivity contribution in [3.8, 4) is 5.75 Å². The Kier molecular flexibility index (Phi) is 7.56. The summed E-state index contributed by atoms with van der Waals surface area (Å²) in [6, 6.07) is 7.35. The van der Waals surface area contributed by atoms with Gasteiger partial charge in [0, 0.05) is 29.6 Å². The number of halogens is 1. The molecule has 32 heavy (non-hydrogen) atoms. The molecule has 1 aromatic heterocycles. The van der Waals surface area contributed by atoms with E-state index < -0.39 is 5.54 Å². The second kappa shape index (κ2) is 10.2. The van der Waals surface area contributed by atoms with Gasteiger partial charge in [-0.2, -0.15) is 0 Å². The molecule has 3 rings (SSSR count). The van der Waals surface area contributed by atoms with Crippen LogP contribution in [0.1, 0.15) is 37.3 Å². The number of amides is 3. The van der Waals surface area contributed by atoms with E-state index in [0.29, 0.717) is 12.3 Å². The van der Waals surface area contributed by atoms with Crippen molar-refractivity contribution < 1.29 is 18.7 Å². The van der Waals surface area contributed by atoms with E-state index in [1.165, 1.54) is 21.9 Å². The zero-order valence-electron chi connectivity index (χ0n) is 18.8. The molecule has 1 N–H and O–H groups in total. The molecule has 1 atom stereocenters. The maximum absolute atomic E-state index is 13.5. The highest BCUT2D eigenvalue weighted by molar-refractivity contribution is 7.10. The first-order chi connectivity index (χ1) is 15.2. The van der Waals surface area contributed by atoms with E-state index in [1.807, 2.05) is 32.2 Å². The molecular weight excluding hydrogens is 429 g/mol. The zero-order chi connectivity index (χ0) is 23.3. The SMILES string of the molecule is C=CCN(CC(=O)N1CCc2sccc2[C@@H]1COc1cccc(F)c1)C(=O)NC(C)(C)C. The number of hydrogen-bond acceptors (Lipinski definition) is 4. The molecule has 0 bridgehead atoms. The molecule has 8 heteroatoms. The van der Waals surface area contributed by atoms with Gasteiger partial charge in [0.1, 0.15) is 24.7 Å². The summed E-state index contributed by atoms with van der Waals surface area (Å²) in [7, 11) is 0. The number of urea groups is 1. The van der Waals surface area contributed by atoms with Crippen LogP contribution in [0.5, 0.6) is 5.75 Å². The molecule has 0 saturated heterocycles. The molecule has 0 unspecified atom stereocenters. The molecule has 0 aliphatic carbocycles. The number of rotatable bonds is 7. The van der Waals surface area contributed by atoms with Crippen molar-refractivity contribution in [2.75, 3.05) is 26.2 Å². The summed E-state index contributed by atoms with van der Waals surface area (Å²) in [6.07, 6.45) is 2.36. The fourth-order valence-corrected chi connectivity index (χ4v) is 4.56. The smallest absolute Gasteiger partial charge is 0.318 e. The van der Waals surface area contributed by atoms with Crippen LogP contribution in [0.15, 0.2) is 48.4 Å². The maximum Gasteiger partial charge on any atom is 0.318 e. The standard InChI is InChI=1S/C24H30FN3O3S/c1-5-11-27(23(30)26-24(2,3)4)15-22(29)28-12-9-21-19(10-13-32-21)20(28)16-31-18-8-6-7-17(25)14-18/h5-8,10,13-14,20H,1,9,11-12,15-16H2,2-4H3,(H,26,30)/t20-/m0/s1. The van der Waals surface area contributed by atoms with Crippen molar-refractivity contribution in [2.45, 2.75) is 38.8 Å². The topological polar surface area (TPSA) is 61.9 Å². The number of benzene rings is 1. The summed E-state index contributed by atoms with van der Waals surface area (Å²) in [5.74, 6) is -0.126. The fraction of sp³-hybridized carbons (Fsp3) is 0.417. The largest absolute Gasteiger partial charge is 0.491 e. The van der Waals surface area contributed by atoms with E-state index in [-0.39, 0.29) is 43.5 Å². The molecule has 2 heterocycles. The number of ether oxygens (including phenoxy) is 1. The van der Waals surface area contributed by atoms with Gasteiger partial charge >= 0.3 is 6.03 Å². The lowest BCUT2D eigenvalue weighted by atomic mass is 10.0. The molecule has 0 radical (unpaired) electrons. The van der Waals surface area contributed by atoms with Crippen molar-refractivity contribution in [3.63, 3.8) is 0 Å².